The van der Waals surface area contributed by atoms with E-state index in [2.05, 4.69) is 34.9 Å². The van der Waals surface area contributed by atoms with Gasteiger partial charge < -0.3 is 25.2 Å². The van der Waals surface area contributed by atoms with E-state index in [-0.39, 0.29) is 43.4 Å². The van der Waals surface area contributed by atoms with Crippen LogP contribution in [0.1, 0.15) is 42.7 Å². The Hall–Kier alpha value is -3.39. The zero-order valence-corrected chi connectivity index (χ0v) is 19.7. The van der Waals surface area contributed by atoms with Crippen LogP contribution in [-0.4, -0.2) is 55.5 Å². The third kappa shape index (κ3) is 4.50. The van der Waals surface area contributed by atoms with Crippen LogP contribution >= 0.6 is 0 Å². The molecule has 3 N–H and O–H groups in total. The molecule has 3 aliphatic rings. The van der Waals surface area contributed by atoms with Crippen molar-refractivity contribution >= 4 is 18.0 Å². The maximum atomic E-state index is 12.8. The van der Waals surface area contributed by atoms with Gasteiger partial charge in [0.2, 0.25) is 5.91 Å². The number of aliphatic carboxylic acids is 1. The molecule has 2 aromatic carbocycles. The van der Waals surface area contributed by atoms with Crippen molar-refractivity contribution in [3.05, 3.63) is 59.7 Å². The number of carbonyl (C=O) groups is 3. The summed E-state index contributed by atoms with van der Waals surface area (Å²) in [5.41, 5.74) is 4.20. The molecule has 2 aromatic rings. The number of hydrogen-bond acceptors (Lipinski definition) is 5. The molecular formula is C27H30N2O6. The Balaban J connectivity index is 1.13. The van der Waals surface area contributed by atoms with Crippen LogP contribution in [0.5, 0.6) is 0 Å². The lowest BCUT2D eigenvalue weighted by molar-refractivity contribution is -0.140. The molecule has 0 bridgehead atoms. The maximum Gasteiger partial charge on any atom is 0.407 e. The number of ether oxygens (including phenoxy) is 2. The van der Waals surface area contributed by atoms with Crippen LogP contribution in [0.15, 0.2) is 48.5 Å². The summed E-state index contributed by atoms with van der Waals surface area (Å²) in [6.07, 6.45) is 0.887. The molecule has 3 aliphatic carbocycles. The highest BCUT2D eigenvalue weighted by molar-refractivity contribution is 5.87. The summed E-state index contributed by atoms with van der Waals surface area (Å²) in [7, 11) is 1.43. The largest absolute Gasteiger partial charge is 0.481 e. The molecule has 4 unspecified atom stereocenters. The fourth-order valence-corrected chi connectivity index (χ4v) is 5.91. The monoisotopic (exact) mass is 478 g/mol. The molecule has 2 fully saturated rings. The first-order valence-electron chi connectivity index (χ1n) is 12.1. The topological polar surface area (TPSA) is 114 Å². The van der Waals surface area contributed by atoms with E-state index < -0.39 is 23.6 Å². The van der Waals surface area contributed by atoms with Gasteiger partial charge in [-0.25, -0.2) is 4.79 Å². The van der Waals surface area contributed by atoms with Crippen molar-refractivity contribution in [1.82, 2.24) is 10.6 Å². The van der Waals surface area contributed by atoms with Gasteiger partial charge in [-0.05, 0) is 47.4 Å². The number of hydrogen-bond donors (Lipinski definition) is 3. The number of methoxy groups -OCH3 is 1. The summed E-state index contributed by atoms with van der Waals surface area (Å²) in [5, 5.41) is 14.7. The second kappa shape index (κ2) is 9.34. The predicted octanol–water partition coefficient (Wildman–Crippen LogP) is 3.30. The van der Waals surface area contributed by atoms with Crippen LogP contribution in [0.3, 0.4) is 0 Å². The number of fused-ring (bicyclic) bond motifs is 4. The van der Waals surface area contributed by atoms with Gasteiger partial charge in [0.1, 0.15) is 6.61 Å². The zero-order valence-electron chi connectivity index (χ0n) is 19.7. The maximum absolute atomic E-state index is 12.8. The molecule has 8 heteroatoms. The number of nitrogens with one attached hydrogen (secondary N) is 2. The quantitative estimate of drug-likeness (QED) is 0.510. The molecule has 4 atom stereocenters. The van der Waals surface area contributed by atoms with Crippen LogP contribution in [-0.2, 0) is 19.1 Å². The second-order valence-electron chi connectivity index (χ2n) is 9.83. The third-order valence-electron chi connectivity index (χ3n) is 7.76. The summed E-state index contributed by atoms with van der Waals surface area (Å²) in [6, 6.07) is 16.3. The van der Waals surface area contributed by atoms with E-state index in [1.54, 1.807) is 0 Å². The minimum absolute atomic E-state index is 0.00165. The van der Waals surface area contributed by atoms with Crippen LogP contribution in [0.2, 0.25) is 0 Å². The van der Waals surface area contributed by atoms with E-state index in [9.17, 15) is 14.4 Å². The summed E-state index contributed by atoms with van der Waals surface area (Å²) < 4.78 is 10.8. The third-order valence-corrected chi connectivity index (χ3v) is 7.76. The Morgan fingerprint density at radius 2 is 1.71 bits per heavy atom. The van der Waals surface area contributed by atoms with Gasteiger partial charge in [-0.3, -0.25) is 9.59 Å². The van der Waals surface area contributed by atoms with Crippen molar-refractivity contribution in [2.75, 3.05) is 20.3 Å². The highest BCUT2D eigenvalue weighted by Gasteiger charge is 2.65. The van der Waals surface area contributed by atoms with Gasteiger partial charge in [0.25, 0.3) is 0 Å². The molecule has 2 amide bonds. The van der Waals surface area contributed by atoms with Gasteiger partial charge >= 0.3 is 12.1 Å². The Morgan fingerprint density at radius 3 is 2.34 bits per heavy atom. The predicted molar refractivity (Wildman–Crippen MR) is 128 cm³/mol. The number of alkyl carbamates (subject to hydrolysis) is 1. The van der Waals surface area contributed by atoms with Crippen molar-refractivity contribution in [2.24, 2.45) is 11.3 Å². The zero-order chi connectivity index (χ0) is 24.6. The molecule has 2 saturated carbocycles. The van der Waals surface area contributed by atoms with Gasteiger partial charge in [0.15, 0.2) is 0 Å². The molecule has 0 aromatic heterocycles. The minimum Gasteiger partial charge on any atom is -0.481 e. The van der Waals surface area contributed by atoms with Crippen LogP contribution < -0.4 is 10.6 Å². The summed E-state index contributed by atoms with van der Waals surface area (Å²) in [4.78, 5) is 36.3. The minimum atomic E-state index is -0.971. The number of carboxylic acid groups (broad SMARTS) is 1. The van der Waals surface area contributed by atoms with Crippen molar-refractivity contribution in [3.8, 4) is 11.1 Å². The molecule has 0 saturated heterocycles. The van der Waals surface area contributed by atoms with E-state index in [0.29, 0.717) is 6.42 Å². The smallest absolute Gasteiger partial charge is 0.407 e. The van der Waals surface area contributed by atoms with Crippen molar-refractivity contribution in [2.45, 2.75) is 43.7 Å². The van der Waals surface area contributed by atoms with E-state index >= 15 is 0 Å². The average molecular weight is 479 g/mol. The fourth-order valence-electron chi connectivity index (χ4n) is 5.91. The molecule has 184 valence electrons. The lowest BCUT2D eigenvalue weighted by Gasteiger charge is -2.20. The van der Waals surface area contributed by atoms with Gasteiger partial charge in [-0.2, -0.15) is 0 Å². The fraction of sp³-hybridized carbons (Fsp3) is 0.444. The lowest BCUT2D eigenvalue weighted by Crippen LogP contribution is -2.41. The molecule has 0 heterocycles. The van der Waals surface area contributed by atoms with Gasteiger partial charge in [0.05, 0.1) is 17.9 Å². The Labute approximate surface area is 204 Å². The first-order chi connectivity index (χ1) is 16.9. The molecule has 35 heavy (non-hydrogen) atoms. The molecule has 5 rings (SSSR count). The average Bonchev–Trinajstić information content (AvgIpc) is 3.27. The van der Waals surface area contributed by atoms with Crippen LogP contribution in [0.4, 0.5) is 4.79 Å². The highest BCUT2D eigenvalue weighted by Crippen LogP contribution is 2.63. The lowest BCUT2D eigenvalue weighted by atomic mass is 9.98. The number of benzene rings is 2. The first-order valence-corrected chi connectivity index (χ1v) is 12.1. The molecule has 0 aliphatic heterocycles. The van der Waals surface area contributed by atoms with Crippen molar-refractivity contribution in [3.63, 3.8) is 0 Å². The second-order valence-corrected chi connectivity index (χ2v) is 9.83. The van der Waals surface area contributed by atoms with Gasteiger partial charge in [-0.15, -0.1) is 0 Å². The Kier molecular flexibility index (Phi) is 6.23. The molecule has 8 nitrogen and oxygen atoms in total. The Morgan fingerprint density at radius 1 is 1.06 bits per heavy atom. The SMILES string of the molecule is COC(CNC(=O)C12CC(NC(=O)OCC3c4ccccc4-c4ccccc43)CC1C2)CC(=O)O. The van der Waals surface area contributed by atoms with Crippen molar-refractivity contribution in [1.29, 1.82) is 0 Å². The number of amides is 2. The normalized spacial score (nSPS) is 24.6. The Bertz CT molecular complexity index is 1100. The summed E-state index contributed by atoms with van der Waals surface area (Å²) in [6.45, 7) is 0.407. The van der Waals surface area contributed by atoms with Crippen molar-refractivity contribution < 1.29 is 29.0 Å². The van der Waals surface area contributed by atoms with Crippen LogP contribution in [0, 0.1) is 11.3 Å². The molecule has 0 radical (unpaired) electrons. The van der Waals surface area contributed by atoms with Gasteiger partial charge in [0, 0.05) is 25.6 Å². The standard InChI is InChI=1S/C27H30N2O6/c1-34-18(11-24(30)31)14-28-25(32)27-12-16(27)10-17(13-27)29-26(33)35-15-23-21-8-4-2-6-19(21)20-7-3-5-9-22(20)23/h2-9,16-18,23H,10-15H2,1H3,(H,28,32)(H,29,33)(H,30,31). The van der Waals surface area contributed by atoms with E-state index in [1.807, 2.05) is 24.3 Å². The highest BCUT2D eigenvalue weighted by atomic mass is 16.5. The first kappa shape index (κ1) is 23.4. The van der Waals surface area contributed by atoms with Crippen LogP contribution in [0.25, 0.3) is 11.1 Å². The number of carbonyl (C=O) groups excluding carboxylic acids is 2. The molecular weight excluding hydrogens is 448 g/mol. The number of rotatable bonds is 9. The van der Waals surface area contributed by atoms with E-state index in [4.69, 9.17) is 14.6 Å². The van der Waals surface area contributed by atoms with E-state index in [1.165, 1.54) is 18.2 Å². The summed E-state index contributed by atoms with van der Waals surface area (Å²) in [5.74, 6) is -0.836. The van der Waals surface area contributed by atoms with Gasteiger partial charge in [-0.1, -0.05) is 48.5 Å². The number of carboxylic acids is 1. The summed E-state index contributed by atoms with van der Waals surface area (Å²) >= 11 is 0. The van der Waals surface area contributed by atoms with E-state index in [0.717, 1.165) is 24.0 Å². The molecule has 0 spiro atoms.